The lowest BCUT2D eigenvalue weighted by molar-refractivity contribution is 0.566. The normalized spacial score (nSPS) is 12.9. The highest BCUT2D eigenvalue weighted by Crippen LogP contribution is 2.17. The molecule has 1 aromatic heterocycles. The van der Waals surface area contributed by atoms with Crippen LogP contribution in [0.15, 0.2) is 67.3 Å². The molecule has 3 aromatic rings. The standard InChI is InChI=1S/C18H18FN3O2S/c1-14(16-4-8-18(9-5-16)22-11-10-20-13-22)21-25(23,24)12-15-2-6-17(19)7-3-15/h2-11,13-14,21H,12H2,1H3/t14-/m1/s1. The van der Waals surface area contributed by atoms with Crippen LogP contribution in [-0.2, 0) is 15.8 Å². The first-order valence-electron chi connectivity index (χ1n) is 7.76. The second-order valence-corrected chi connectivity index (χ2v) is 7.54. The quantitative estimate of drug-likeness (QED) is 0.735. The number of sulfonamides is 1. The molecule has 0 aliphatic carbocycles. The molecule has 0 radical (unpaired) electrons. The molecule has 7 heteroatoms. The minimum atomic E-state index is -3.54. The van der Waals surface area contributed by atoms with Crippen LogP contribution in [0, 0.1) is 5.82 Å². The first-order chi connectivity index (χ1) is 11.9. The van der Waals surface area contributed by atoms with E-state index in [9.17, 15) is 12.8 Å². The molecule has 0 saturated carbocycles. The van der Waals surface area contributed by atoms with Gasteiger partial charge in [0.05, 0.1) is 12.1 Å². The Morgan fingerprint density at radius 1 is 1.12 bits per heavy atom. The van der Waals surface area contributed by atoms with Gasteiger partial charge in [-0.1, -0.05) is 24.3 Å². The van der Waals surface area contributed by atoms with Crippen molar-refractivity contribution >= 4 is 10.0 Å². The predicted molar refractivity (Wildman–Crippen MR) is 94.1 cm³/mol. The number of nitrogens with zero attached hydrogens (tertiary/aromatic N) is 2. The van der Waals surface area contributed by atoms with Gasteiger partial charge in [0.25, 0.3) is 0 Å². The Kier molecular flexibility index (Phi) is 4.96. The molecule has 0 saturated heterocycles. The summed E-state index contributed by atoms with van der Waals surface area (Å²) in [4.78, 5) is 4.00. The van der Waals surface area contributed by atoms with Crippen molar-refractivity contribution < 1.29 is 12.8 Å². The third-order valence-corrected chi connectivity index (χ3v) is 5.25. The van der Waals surface area contributed by atoms with Gasteiger partial charge in [0.15, 0.2) is 0 Å². The van der Waals surface area contributed by atoms with Gasteiger partial charge in [0.2, 0.25) is 10.0 Å². The van der Waals surface area contributed by atoms with Gasteiger partial charge < -0.3 is 4.57 Å². The van der Waals surface area contributed by atoms with Crippen LogP contribution in [0.1, 0.15) is 24.1 Å². The van der Waals surface area contributed by atoms with E-state index in [4.69, 9.17) is 0 Å². The van der Waals surface area contributed by atoms with Gasteiger partial charge in [0, 0.05) is 24.1 Å². The van der Waals surface area contributed by atoms with Gasteiger partial charge >= 0.3 is 0 Å². The minimum Gasteiger partial charge on any atom is -0.306 e. The van der Waals surface area contributed by atoms with Crippen molar-refractivity contribution in [3.63, 3.8) is 0 Å². The fourth-order valence-electron chi connectivity index (χ4n) is 2.53. The zero-order valence-corrected chi connectivity index (χ0v) is 14.4. The second kappa shape index (κ2) is 7.16. The maximum Gasteiger partial charge on any atom is 0.216 e. The largest absolute Gasteiger partial charge is 0.306 e. The third kappa shape index (κ3) is 4.52. The first-order valence-corrected chi connectivity index (χ1v) is 9.41. The summed E-state index contributed by atoms with van der Waals surface area (Å²) in [6, 6.07) is 12.6. The Labute approximate surface area is 146 Å². The molecule has 0 aliphatic rings. The molecule has 0 amide bonds. The van der Waals surface area contributed by atoms with Gasteiger partial charge in [-0.25, -0.2) is 22.5 Å². The Hall–Kier alpha value is -2.51. The monoisotopic (exact) mass is 359 g/mol. The van der Waals surface area contributed by atoms with E-state index in [1.807, 2.05) is 35.0 Å². The van der Waals surface area contributed by atoms with Crippen LogP contribution in [0.4, 0.5) is 4.39 Å². The smallest absolute Gasteiger partial charge is 0.216 e. The number of rotatable bonds is 6. The molecule has 2 aromatic carbocycles. The van der Waals surface area contributed by atoms with Crippen molar-refractivity contribution in [2.75, 3.05) is 0 Å². The SMILES string of the molecule is C[C@@H](NS(=O)(=O)Cc1ccc(F)cc1)c1ccc(-n2ccnc2)cc1. The van der Waals surface area contributed by atoms with Gasteiger partial charge in [-0.2, -0.15) is 0 Å². The Balaban J connectivity index is 1.68. The van der Waals surface area contributed by atoms with E-state index < -0.39 is 10.0 Å². The van der Waals surface area contributed by atoms with Crippen molar-refractivity contribution in [3.8, 4) is 5.69 Å². The molecule has 1 atom stereocenters. The van der Waals surface area contributed by atoms with Crippen molar-refractivity contribution in [3.05, 3.63) is 84.2 Å². The van der Waals surface area contributed by atoms with Crippen LogP contribution in [0.2, 0.25) is 0 Å². The average Bonchev–Trinajstić information content (AvgIpc) is 3.11. The fraction of sp³-hybridized carbons (Fsp3) is 0.167. The zero-order valence-electron chi connectivity index (χ0n) is 13.6. The van der Waals surface area contributed by atoms with Crippen LogP contribution in [0.25, 0.3) is 5.69 Å². The molecule has 0 spiro atoms. The maximum absolute atomic E-state index is 12.9. The fourth-order valence-corrected chi connectivity index (χ4v) is 3.92. The molecule has 25 heavy (non-hydrogen) atoms. The topological polar surface area (TPSA) is 64.0 Å². The molecule has 1 N–H and O–H groups in total. The maximum atomic E-state index is 12.9. The molecule has 3 rings (SSSR count). The predicted octanol–water partition coefficient (Wildman–Crippen LogP) is 3.19. The van der Waals surface area contributed by atoms with Crippen molar-refractivity contribution in [2.24, 2.45) is 0 Å². The van der Waals surface area contributed by atoms with Gasteiger partial charge in [-0.3, -0.25) is 0 Å². The van der Waals surface area contributed by atoms with Gasteiger partial charge in [-0.05, 0) is 42.3 Å². The number of hydrogen-bond acceptors (Lipinski definition) is 3. The summed E-state index contributed by atoms with van der Waals surface area (Å²) >= 11 is 0. The van der Waals surface area contributed by atoms with Crippen molar-refractivity contribution in [1.29, 1.82) is 0 Å². The third-order valence-electron chi connectivity index (χ3n) is 3.82. The van der Waals surface area contributed by atoms with Crippen LogP contribution in [0.5, 0.6) is 0 Å². The molecule has 5 nitrogen and oxygen atoms in total. The average molecular weight is 359 g/mol. The van der Waals surface area contributed by atoms with Crippen LogP contribution < -0.4 is 4.72 Å². The highest BCUT2D eigenvalue weighted by Gasteiger charge is 2.16. The number of hydrogen-bond donors (Lipinski definition) is 1. The molecule has 0 unspecified atom stereocenters. The van der Waals surface area contributed by atoms with E-state index in [1.165, 1.54) is 24.3 Å². The summed E-state index contributed by atoms with van der Waals surface area (Å²) in [7, 11) is -3.54. The number of nitrogens with one attached hydrogen (secondary N) is 1. The molecule has 0 aliphatic heterocycles. The van der Waals surface area contributed by atoms with E-state index in [1.54, 1.807) is 19.4 Å². The van der Waals surface area contributed by atoms with Crippen molar-refractivity contribution in [2.45, 2.75) is 18.7 Å². The molecule has 130 valence electrons. The second-order valence-electron chi connectivity index (χ2n) is 5.79. The summed E-state index contributed by atoms with van der Waals surface area (Å²) < 4.78 is 42.0. The lowest BCUT2D eigenvalue weighted by Crippen LogP contribution is -2.28. The van der Waals surface area contributed by atoms with Crippen LogP contribution in [0.3, 0.4) is 0 Å². The number of imidazole rings is 1. The van der Waals surface area contributed by atoms with Gasteiger partial charge in [0.1, 0.15) is 5.82 Å². The highest BCUT2D eigenvalue weighted by molar-refractivity contribution is 7.88. The van der Waals surface area contributed by atoms with Crippen LogP contribution >= 0.6 is 0 Å². The summed E-state index contributed by atoms with van der Waals surface area (Å²) in [5.41, 5.74) is 2.34. The van der Waals surface area contributed by atoms with E-state index in [2.05, 4.69) is 9.71 Å². The Morgan fingerprint density at radius 2 is 1.80 bits per heavy atom. The summed E-state index contributed by atoms with van der Waals surface area (Å²) in [6.07, 6.45) is 5.23. The molecular weight excluding hydrogens is 341 g/mol. The summed E-state index contributed by atoms with van der Waals surface area (Å²) in [5, 5.41) is 0. The number of aromatic nitrogens is 2. The summed E-state index contributed by atoms with van der Waals surface area (Å²) in [6.45, 7) is 1.79. The van der Waals surface area contributed by atoms with Gasteiger partial charge in [-0.15, -0.1) is 0 Å². The first kappa shape index (κ1) is 17.3. The lowest BCUT2D eigenvalue weighted by Gasteiger charge is -2.15. The van der Waals surface area contributed by atoms with Crippen molar-refractivity contribution in [1.82, 2.24) is 14.3 Å². The highest BCUT2D eigenvalue weighted by atomic mass is 32.2. The van der Waals surface area contributed by atoms with E-state index in [-0.39, 0.29) is 17.6 Å². The van der Waals surface area contributed by atoms with E-state index in [0.29, 0.717) is 5.56 Å². The number of halogens is 1. The van der Waals surface area contributed by atoms with E-state index in [0.717, 1.165) is 11.3 Å². The van der Waals surface area contributed by atoms with E-state index >= 15 is 0 Å². The lowest BCUT2D eigenvalue weighted by atomic mass is 10.1. The van der Waals surface area contributed by atoms with Crippen LogP contribution in [-0.4, -0.2) is 18.0 Å². The Morgan fingerprint density at radius 3 is 2.40 bits per heavy atom. The minimum absolute atomic E-state index is 0.190. The number of benzene rings is 2. The zero-order chi connectivity index (χ0) is 17.9. The summed E-state index contributed by atoms with van der Waals surface area (Å²) in [5.74, 6) is -0.578. The Bertz CT molecular complexity index is 921. The molecule has 0 bridgehead atoms. The molecule has 0 fully saturated rings. The molecular formula is C18H18FN3O2S. The molecule has 1 heterocycles.